The van der Waals surface area contributed by atoms with Gasteiger partial charge in [0.05, 0.1) is 10.7 Å². The Morgan fingerprint density at radius 1 is 1.03 bits per heavy atom. The lowest BCUT2D eigenvalue weighted by atomic mass is 10.2. The molecule has 0 atom stereocenters. The summed E-state index contributed by atoms with van der Waals surface area (Å²) in [6.45, 7) is -0.0651. The van der Waals surface area contributed by atoms with Gasteiger partial charge >= 0.3 is 11.9 Å². The van der Waals surface area contributed by atoms with Crippen molar-refractivity contribution in [3.63, 3.8) is 0 Å². The molecule has 11 heteroatoms. The molecule has 0 spiro atoms. The molecule has 0 amide bonds. The van der Waals surface area contributed by atoms with Gasteiger partial charge in [-0.25, -0.2) is 13.8 Å². The molecule has 1 aromatic heterocycles. The Kier molecular flexibility index (Phi) is 5.96. The SMILES string of the molecule is Cn1c(C(F)(F)F)cc(=O)n(-c2cc(OCc3ccccc3Cl)c(Cl)cc2F)c1=O. The summed E-state index contributed by atoms with van der Waals surface area (Å²) in [5.74, 6) is -1.19. The third kappa shape index (κ3) is 4.22. The molecule has 158 valence electrons. The average molecular weight is 463 g/mol. The van der Waals surface area contributed by atoms with Crippen molar-refractivity contribution in [1.29, 1.82) is 0 Å². The second kappa shape index (κ2) is 8.16. The van der Waals surface area contributed by atoms with Crippen LogP contribution in [0.4, 0.5) is 17.6 Å². The molecule has 0 saturated carbocycles. The molecule has 0 bridgehead atoms. The molecule has 2 aromatic carbocycles. The maximum Gasteiger partial charge on any atom is 0.431 e. The van der Waals surface area contributed by atoms with Crippen molar-refractivity contribution in [3.8, 4) is 11.4 Å². The van der Waals surface area contributed by atoms with Crippen LogP contribution in [0, 0.1) is 5.82 Å². The fourth-order valence-corrected chi connectivity index (χ4v) is 3.09. The number of rotatable bonds is 4. The van der Waals surface area contributed by atoms with Gasteiger partial charge in [-0.3, -0.25) is 9.36 Å². The third-order valence-corrected chi connectivity index (χ3v) is 4.86. The maximum atomic E-state index is 14.5. The fourth-order valence-electron chi connectivity index (χ4n) is 2.69. The molecule has 3 aromatic rings. The molecule has 0 saturated heterocycles. The minimum Gasteiger partial charge on any atom is -0.487 e. The standard InChI is InChI=1S/C19H12Cl2F4N2O3/c1-26-16(19(23,24)25)8-17(28)27(18(26)29)14-7-15(12(21)6-13(14)22)30-9-10-4-2-3-5-11(10)20/h2-8H,9H2,1H3. The van der Waals surface area contributed by atoms with E-state index >= 15 is 0 Å². The van der Waals surface area contributed by atoms with Crippen LogP contribution in [-0.2, 0) is 19.8 Å². The summed E-state index contributed by atoms with van der Waals surface area (Å²) in [5.41, 5.74) is -4.22. The van der Waals surface area contributed by atoms with Crippen molar-refractivity contribution in [1.82, 2.24) is 9.13 Å². The van der Waals surface area contributed by atoms with Gasteiger partial charge in [-0.2, -0.15) is 13.2 Å². The van der Waals surface area contributed by atoms with E-state index in [0.717, 1.165) is 19.2 Å². The zero-order chi connectivity index (χ0) is 22.2. The van der Waals surface area contributed by atoms with E-state index in [-0.39, 0.29) is 32.6 Å². The highest BCUT2D eigenvalue weighted by atomic mass is 35.5. The van der Waals surface area contributed by atoms with Crippen molar-refractivity contribution in [2.75, 3.05) is 0 Å². The van der Waals surface area contributed by atoms with Crippen molar-refractivity contribution < 1.29 is 22.3 Å². The van der Waals surface area contributed by atoms with E-state index in [1.54, 1.807) is 24.3 Å². The number of hydrogen-bond acceptors (Lipinski definition) is 3. The summed E-state index contributed by atoms with van der Waals surface area (Å²) in [7, 11) is 0.823. The molecule has 0 fully saturated rings. The normalized spacial score (nSPS) is 11.6. The summed E-state index contributed by atoms with van der Waals surface area (Å²) in [4.78, 5) is 24.6. The lowest BCUT2D eigenvalue weighted by Gasteiger charge is -2.16. The van der Waals surface area contributed by atoms with E-state index in [1.165, 1.54) is 0 Å². The van der Waals surface area contributed by atoms with Gasteiger partial charge in [-0.1, -0.05) is 41.4 Å². The number of halogens is 6. The highest BCUT2D eigenvalue weighted by Gasteiger charge is 2.35. The maximum absolute atomic E-state index is 14.5. The van der Waals surface area contributed by atoms with Gasteiger partial charge in [-0.15, -0.1) is 0 Å². The lowest BCUT2D eigenvalue weighted by Crippen LogP contribution is -2.41. The van der Waals surface area contributed by atoms with E-state index < -0.39 is 34.6 Å². The number of alkyl halides is 3. The van der Waals surface area contributed by atoms with Crippen LogP contribution in [0.5, 0.6) is 5.75 Å². The van der Waals surface area contributed by atoms with E-state index in [9.17, 15) is 27.2 Å². The Morgan fingerprint density at radius 2 is 1.70 bits per heavy atom. The van der Waals surface area contributed by atoms with Gasteiger partial charge in [0.25, 0.3) is 5.56 Å². The Balaban J connectivity index is 2.09. The fraction of sp³-hybridized carbons (Fsp3) is 0.158. The van der Waals surface area contributed by atoms with Gasteiger partial charge in [0, 0.05) is 29.8 Å². The molecular weight excluding hydrogens is 451 g/mol. The highest BCUT2D eigenvalue weighted by molar-refractivity contribution is 6.32. The molecule has 5 nitrogen and oxygen atoms in total. The van der Waals surface area contributed by atoms with E-state index in [4.69, 9.17) is 27.9 Å². The van der Waals surface area contributed by atoms with E-state index in [1.807, 2.05) is 0 Å². The molecule has 3 rings (SSSR count). The summed E-state index contributed by atoms with van der Waals surface area (Å²) in [6.07, 6.45) is -4.94. The largest absolute Gasteiger partial charge is 0.487 e. The number of ether oxygens (including phenoxy) is 1. The molecule has 1 heterocycles. The first-order chi connectivity index (χ1) is 14.0. The molecule has 0 aliphatic rings. The molecule has 0 N–H and O–H groups in total. The third-order valence-electron chi connectivity index (χ3n) is 4.19. The van der Waals surface area contributed by atoms with Gasteiger partial charge in [0.1, 0.15) is 23.9 Å². The predicted molar refractivity (Wildman–Crippen MR) is 103 cm³/mol. The molecule has 0 aliphatic heterocycles. The zero-order valence-electron chi connectivity index (χ0n) is 15.1. The summed E-state index contributed by atoms with van der Waals surface area (Å²) < 4.78 is 59.5. The molecule has 30 heavy (non-hydrogen) atoms. The lowest BCUT2D eigenvalue weighted by molar-refractivity contribution is -0.144. The van der Waals surface area contributed by atoms with Crippen molar-refractivity contribution >= 4 is 23.2 Å². The summed E-state index contributed by atoms with van der Waals surface area (Å²) >= 11 is 12.0. The molecular formula is C19H12Cl2F4N2O3. The number of nitrogens with zero attached hydrogens (tertiary/aromatic N) is 2. The quantitative estimate of drug-likeness (QED) is 0.533. The number of aromatic nitrogens is 2. The van der Waals surface area contributed by atoms with Crippen LogP contribution < -0.4 is 16.0 Å². The van der Waals surface area contributed by atoms with Crippen molar-refractivity contribution in [2.24, 2.45) is 7.05 Å². The van der Waals surface area contributed by atoms with Crippen LogP contribution in [0.25, 0.3) is 5.69 Å². The van der Waals surface area contributed by atoms with Crippen LogP contribution in [-0.4, -0.2) is 9.13 Å². The van der Waals surface area contributed by atoms with Gasteiger partial charge in [0.2, 0.25) is 0 Å². The molecule has 0 radical (unpaired) electrons. The highest BCUT2D eigenvalue weighted by Crippen LogP contribution is 2.31. The molecule has 0 aliphatic carbocycles. The van der Waals surface area contributed by atoms with Crippen LogP contribution >= 0.6 is 23.2 Å². The predicted octanol–water partition coefficient (Wildman–Crippen LogP) is 4.58. The first-order valence-corrected chi connectivity index (χ1v) is 9.02. The monoisotopic (exact) mass is 462 g/mol. The van der Waals surface area contributed by atoms with Gasteiger partial charge in [-0.05, 0) is 12.1 Å². The second-order valence-electron chi connectivity index (χ2n) is 6.16. The van der Waals surface area contributed by atoms with Crippen molar-refractivity contribution in [3.05, 3.63) is 90.4 Å². The van der Waals surface area contributed by atoms with Crippen molar-refractivity contribution in [2.45, 2.75) is 12.8 Å². The average Bonchev–Trinajstić information content (AvgIpc) is 2.65. The minimum atomic E-state index is -4.94. The Morgan fingerprint density at radius 3 is 2.33 bits per heavy atom. The van der Waals surface area contributed by atoms with Crippen LogP contribution in [0.2, 0.25) is 10.0 Å². The number of benzene rings is 2. The van der Waals surface area contributed by atoms with E-state index in [0.29, 0.717) is 10.6 Å². The topological polar surface area (TPSA) is 53.2 Å². The minimum absolute atomic E-state index is 0.0651. The summed E-state index contributed by atoms with van der Waals surface area (Å²) in [6, 6.07) is 8.70. The summed E-state index contributed by atoms with van der Waals surface area (Å²) in [5, 5.41) is 0.240. The van der Waals surface area contributed by atoms with Crippen LogP contribution in [0.3, 0.4) is 0 Å². The number of hydrogen-bond donors (Lipinski definition) is 0. The van der Waals surface area contributed by atoms with Gasteiger partial charge < -0.3 is 4.74 Å². The van der Waals surface area contributed by atoms with Gasteiger partial charge in [0.15, 0.2) is 0 Å². The first-order valence-electron chi connectivity index (χ1n) is 8.26. The second-order valence-corrected chi connectivity index (χ2v) is 6.97. The van der Waals surface area contributed by atoms with Crippen LogP contribution in [0.1, 0.15) is 11.3 Å². The first kappa shape index (κ1) is 21.9. The Hall–Kier alpha value is -2.78. The smallest absolute Gasteiger partial charge is 0.431 e. The Labute approximate surface area is 176 Å². The zero-order valence-corrected chi connectivity index (χ0v) is 16.6. The van der Waals surface area contributed by atoms with E-state index in [2.05, 4.69) is 0 Å². The Bertz CT molecular complexity index is 1240. The molecule has 0 unspecified atom stereocenters. The van der Waals surface area contributed by atoms with Crippen LogP contribution in [0.15, 0.2) is 52.1 Å².